The van der Waals surface area contributed by atoms with E-state index in [1.165, 1.54) is 24.7 Å². The summed E-state index contributed by atoms with van der Waals surface area (Å²) in [5, 5.41) is 5.74. The number of nitrogens with zero attached hydrogens (tertiary/aromatic N) is 2. The summed E-state index contributed by atoms with van der Waals surface area (Å²) in [4.78, 5) is 34.4. The van der Waals surface area contributed by atoms with E-state index in [2.05, 4.69) is 20.6 Å². The first kappa shape index (κ1) is 24.5. The van der Waals surface area contributed by atoms with Crippen molar-refractivity contribution in [1.82, 2.24) is 9.97 Å². The number of carbonyl (C=O) groups excluding carboxylic acids is 2. The molecule has 11 heteroatoms. The predicted octanol–water partition coefficient (Wildman–Crippen LogP) is 3.10. The zero-order valence-corrected chi connectivity index (χ0v) is 19.3. The fourth-order valence-electron chi connectivity index (χ4n) is 2.76. The fourth-order valence-corrected chi connectivity index (χ4v) is 3.40. The smallest absolute Gasteiger partial charge is 0.277 e. The minimum atomic E-state index is -1.25. The van der Waals surface area contributed by atoms with Crippen LogP contribution in [-0.4, -0.2) is 45.7 Å². The van der Waals surface area contributed by atoms with Gasteiger partial charge in [0.15, 0.2) is 10.6 Å². The summed E-state index contributed by atoms with van der Waals surface area (Å²) in [7, 11) is 0. The van der Waals surface area contributed by atoms with Gasteiger partial charge in [-0.15, -0.1) is 0 Å². The molecule has 0 spiro atoms. The molecule has 0 aliphatic heterocycles. The molecule has 1 unspecified atom stereocenters. The van der Waals surface area contributed by atoms with Crippen LogP contribution in [0.15, 0.2) is 59.8 Å². The number of halogens is 1. The number of ether oxygens (including phenoxy) is 1. The first-order valence-electron chi connectivity index (χ1n) is 9.88. The maximum atomic E-state index is 13.0. The lowest BCUT2D eigenvalue weighted by Gasteiger charge is -2.14. The fraction of sp³-hybridized carbons (Fsp3) is 0.182. The summed E-state index contributed by atoms with van der Waals surface area (Å²) >= 11 is 4.57. The van der Waals surface area contributed by atoms with Gasteiger partial charge in [-0.1, -0.05) is 11.6 Å². The number of rotatable bonds is 9. The van der Waals surface area contributed by atoms with Gasteiger partial charge in [0.05, 0.1) is 22.9 Å². The Morgan fingerprint density at radius 2 is 1.97 bits per heavy atom. The summed E-state index contributed by atoms with van der Waals surface area (Å²) < 4.78 is 17.6. The average Bonchev–Trinajstić information content (AvgIpc) is 2.81. The van der Waals surface area contributed by atoms with Crippen LogP contribution in [0.1, 0.15) is 27.3 Å². The van der Waals surface area contributed by atoms with Crippen LogP contribution in [0, 0.1) is 0 Å². The van der Waals surface area contributed by atoms with E-state index in [1.54, 1.807) is 36.4 Å². The Bertz CT molecular complexity index is 1130. The molecule has 3 rings (SSSR count). The van der Waals surface area contributed by atoms with Crippen molar-refractivity contribution < 1.29 is 18.9 Å². The van der Waals surface area contributed by atoms with Gasteiger partial charge in [0.25, 0.3) is 11.8 Å². The lowest BCUT2D eigenvalue weighted by Crippen LogP contribution is -2.20. The highest BCUT2D eigenvalue weighted by atomic mass is 35.5. The number of hydrogen-bond donors (Lipinski definition) is 3. The number of pyridine rings is 2. The van der Waals surface area contributed by atoms with Crippen LogP contribution < -0.4 is 21.1 Å². The Kier molecular flexibility index (Phi) is 8.61. The highest BCUT2D eigenvalue weighted by Gasteiger charge is 2.20. The molecule has 2 amide bonds. The molecule has 0 saturated heterocycles. The van der Waals surface area contributed by atoms with Crippen LogP contribution in [0.3, 0.4) is 0 Å². The van der Waals surface area contributed by atoms with E-state index in [0.717, 1.165) is 0 Å². The van der Waals surface area contributed by atoms with Gasteiger partial charge in [-0.2, -0.15) is 0 Å². The van der Waals surface area contributed by atoms with Crippen LogP contribution in [-0.2, 0) is 11.2 Å². The molecule has 0 saturated carbocycles. The summed E-state index contributed by atoms with van der Waals surface area (Å²) in [5.41, 5.74) is 5.93. The number of benzene rings is 1. The number of carbonyl (C=O) groups is 2. The summed E-state index contributed by atoms with van der Waals surface area (Å²) in [5.74, 6) is -0.519. The molecule has 172 valence electrons. The van der Waals surface area contributed by atoms with E-state index in [-0.39, 0.29) is 28.5 Å². The van der Waals surface area contributed by atoms with Crippen LogP contribution in [0.25, 0.3) is 0 Å². The molecule has 0 aliphatic rings. The standard InChI is InChI=1S/C22H22ClN5O4S/c1-33(31)15-6-7-16(18(12-15)32-11-3-9-24)21(29)27-17-4-2-10-25-20(17)22(30)28-19-8-5-14(23)13-26-19/h2,4-8,10,12-13H,3,9,11,24H2,1H3,(H,27,29)(H,26,28,30). The molecule has 1 atom stereocenters. The molecule has 0 aliphatic carbocycles. The van der Waals surface area contributed by atoms with E-state index in [0.29, 0.717) is 29.5 Å². The second-order valence-corrected chi connectivity index (χ2v) is 8.59. The summed E-state index contributed by atoms with van der Waals surface area (Å²) in [6.45, 7) is 0.725. The summed E-state index contributed by atoms with van der Waals surface area (Å²) in [6.07, 6.45) is 4.96. The van der Waals surface area contributed by atoms with Crippen molar-refractivity contribution in [3.63, 3.8) is 0 Å². The van der Waals surface area contributed by atoms with E-state index in [4.69, 9.17) is 22.1 Å². The maximum absolute atomic E-state index is 13.0. The van der Waals surface area contributed by atoms with Gasteiger partial charge < -0.3 is 25.7 Å². The van der Waals surface area contributed by atoms with Crippen molar-refractivity contribution in [2.45, 2.75) is 11.3 Å². The van der Waals surface area contributed by atoms with Gasteiger partial charge in [-0.05, 0) is 60.5 Å². The molecule has 4 N–H and O–H groups in total. The molecule has 1 aromatic carbocycles. The predicted molar refractivity (Wildman–Crippen MR) is 127 cm³/mol. The second-order valence-electron chi connectivity index (χ2n) is 6.77. The molecule has 0 radical (unpaired) electrons. The van der Waals surface area contributed by atoms with Crippen molar-refractivity contribution in [1.29, 1.82) is 0 Å². The van der Waals surface area contributed by atoms with E-state index in [9.17, 15) is 14.1 Å². The molecule has 2 aromatic heterocycles. The van der Waals surface area contributed by atoms with Crippen LogP contribution in [0.4, 0.5) is 11.5 Å². The molecule has 0 bridgehead atoms. The van der Waals surface area contributed by atoms with Gasteiger partial charge in [0.1, 0.15) is 17.8 Å². The van der Waals surface area contributed by atoms with Gasteiger partial charge in [0, 0.05) is 18.5 Å². The second kappa shape index (κ2) is 11.6. The van der Waals surface area contributed by atoms with E-state index < -0.39 is 23.0 Å². The van der Waals surface area contributed by atoms with Crippen LogP contribution >= 0.6 is 11.6 Å². The number of amides is 2. The Labute approximate surface area is 198 Å². The van der Waals surface area contributed by atoms with Gasteiger partial charge in [-0.25, -0.2) is 9.97 Å². The lowest BCUT2D eigenvalue weighted by atomic mass is 10.1. The molecule has 0 fully saturated rings. The minimum Gasteiger partial charge on any atom is -0.612 e. The highest BCUT2D eigenvalue weighted by molar-refractivity contribution is 7.90. The monoisotopic (exact) mass is 487 g/mol. The quantitative estimate of drug-likeness (QED) is 0.311. The molecule has 3 aromatic rings. The van der Waals surface area contributed by atoms with E-state index in [1.807, 2.05) is 0 Å². The molecular formula is C22H22ClN5O4S. The van der Waals surface area contributed by atoms with Crippen molar-refractivity contribution in [3.05, 3.63) is 71.1 Å². The van der Waals surface area contributed by atoms with Gasteiger partial charge >= 0.3 is 0 Å². The normalized spacial score (nSPS) is 11.5. The van der Waals surface area contributed by atoms with Crippen LogP contribution in [0.2, 0.25) is 5.02 Å². The highest BCUT2D eigenvalue weighted by Crippen LogP contribution is 2.25. The average molecular weight is 488 g/mol. The molecule has 2 heterocycles. The SMILES string of the molecule is C[S+]([O-])c1ccc(C(=O)Nc2cccnc2C(=O)Nc2ccc(Cl)cn2)c(OCCCN)c1. The lowest BCUT2D eigenvalue weighted by molar-refractivity contribution is 0.102. The molecule has 9 nitrogen and oxygen atoms in total. The number of nitrogens with one attached hydrogen (secondary N) is 2. The Hall–Kier alpha value is -3.18. The largest absolute Gasteiger partial charge is 0.612 e. The van der Waals surface area contributed by atoms with Crippen molar-refractivity contribution in [2.75, 3.05) is 30.0 Å². The molecule has 33 heavy (non-hydrogen) atoms. The summed E-state index contributed by atoms with van der Waals surface area (Å²) in [6, 6.07) is 11.0. The van der Waals surface area contributed by atoms with Crippen molar-refractivity contribution in [3.8, 4) is 5.75 Å². The maximum Gasteiger partial charge on any atom is 0.277 e. The van der Waals surface area contributed by atoms with Crippen LogP contribution in [0.5, 0.6) is 5.75 Å². The number of anilines is 2. The minimum absolute atomic E-state index is 0.000479. The zero-order chi connectivity index (χ0) is 23.8. The first-order chi connectivity index (χ1) is 15.9. The number of nitrogens with two attached hydrogens (primary N) is 1. The van der Waals surface area contributed by atoms with Gasteiger partial charge in [0.2, 0.25) is 0 Å². The Morgan fingerprint density at radius 3 is 2.67 bits per heavy atom. The number of aromatic nitrogens is 2. The zero-order valence-electron chi connectivity index (χ0n) is 17.7. The Balaban J connectivity index is 1.83. The first-order valence-corrected chi connectivity index (χ1v) is 11.8. The third kappa shape index (κ3) is 6.65. The topological polar surface area (TPSA) is 142 Å². The van der Waals surface area contributed by atoms with E-state index >= 15 is 0 Å². The number of hydrogen-bond acceptors (Lipinski definition) is 7. The van der Waals surface area contributed by atoms with Crippen molar-refractivity contribution >= 4 is 46.1 Å². The molecular weight excluding hydrogens is 466 g/mol. The van der Waals surface area contributed by atoms with Gasteiger partial charge in [-0.3, -0.25) is 9.59 Å². The Morgan fingerprint density at radius 1 is 1.15 bits per heavy atom. The third-order valence-corrected chi connectivity index (χ3v) is 5.52. The third-order valence-electron chi connectivity index (χ3n) is 4.38. The van der Waals surface area contributed by atoms with Crippen molar-refractivity contribution in [2.24, 2.45) is 5.73 Å².